The Labute approximate surface area is 145 Å². The Morgan fingerprint density at radius 3 is 2.96 bits per heavy atom. The van der Waals surface area contributed by atoms with E-state index in [9.17, 15) is 4.79 Å². The molecule has 8 nitrogen and oxygen atoms in total. The minimum absolute atomic E-state index is 0.102. The minimum Gasteiger partial charge on any atom is -0.476 e. The zero-order valence-electron chi connectivity index (χ0n) is 14.3. The number of nitrogens with zero attached hydrogens (tertiary/aromatic N) is 6. The van der Waals surface area contributed by atoms with Gasteiger partial charge in [0.15, 0.2) is 0 Å². The lowest BCUT2D eigenvalue weighted by Gasteiger charge is -2.15. The third-order valence-electron chi connectivity index (χ3n) is 3.78. The predicted octanol–water partition coefficient (Wildman–Crippen LogP) is 1.54. The van der Waals surface area contributed by atoms with Gasteiger partial charge in [0.1, 0.15) is 5.52 Å². The average Bonchev–Trinajstić information content (AvgIpc) is 3.26. The third-order valence-corrected chi connectivity index (χ3v) is 3.78. The van der Waals surface area contributed by atoms with E-state index in [2.05, 4.69) is 21.8 Å². The first kappa shape index (κ1) is 16.7. The molecule has 0 unspecified atom stereocenters. The van der Waals surface area contributed by atoms with Crippen molar-refractivity contribution in [1.29, 1.82) is 0 Å². The summed E-state index contributed by atoms with van der Waals surface area (Å²) in [4.78, 5) is 17.6. The van der Waals surface area contributed by atoms with Gasteiger partial charge in [0.2, 0.25) is 11.8 Å². The molecule has 0 aliphatic rings. The first-order valence-electron chi connectivity index (χ1n) is 7.92. The van der Waals surface area contributed by atoms with Crippen LogP contribution in [0.4, 0.5) is 0 Å². The van der Waals surface area contributed by atoms with E-state index in [1.807, 2.05) is 25.5 Å². The van der Waals surface area contributed by atoms with Gasteiger partial charge >= 0.3 is 0 Å². The van der Waals surface area contributed by atoms with E-state index in [1.54, 1.807) is 33.5 Å². The first-order chi connectivity index (χ1) is 12.1. The van der Waals surface area contributed by atoms with Gasteiger partial charge in [-0.25, -0.2) is 9.50 Å². The van der Waals surface area contributed by atoms with Crippen molar-refractivity contribution >= 4 is 11.4 Å². The number of carbonyl (C=O) groups excluding carboxylic acids is 1. The number of hydrogen-bond donors (Lipinski definition) is 0. The lowest BCUT2D eigenvalue weighted by molar-refractivity contribution is -0.124. The Bertz CT molecular complexity index is 898. The fourth-order valence-electron chi connectivity index (χ4n) is 2.43. The quantitative estimate of drug-likeness (QED) is 0.482. The van der Waals surface area contributed by atoms with Crippen LogP contribution in [0.5, 0.6) is 5.88 Å². The highest BCUT2D eigenvalue weighted by molar-refractivity contribution is 5.86. The summed E-state index contributed by atoms with van der Waals surface area (Å²) < 4.78 is 9.30. The maximum atomic E-state index is 11.5. The fourth-order valence-corrected chi connectivity index (χ4v) is 2.43. The topological polar surface area (TPSA) is 77.6 Å². The number of aryl methyl sites for hydroxylation is 1. The summed E-state index contributed by atoms with van der Waals surface area (Å²) in [6.07, 6.45) is 9.17. The van der Waals surface area contributed by atoms with Gasteiger partial charge in [-0.05, 0) is 18.6 Å². The lowest BCUT2D eigenvalue weighted by Crippen LogP contribution is -2.26. The van der Waals surface area contributed by atoms with Crippen LogP contribution in [0, 0.1) is 0 Å². The molecule has 3 aromatic heterocycles. The van der Waals surface area contributed by atoms with Crippen molar-refractivity contribution in [1.82, 2.24) is 29.3 Å². The normalized spacial score (nSPS) is 10.8. The number of fused-ring (bicyclic) bond motifs is 1. The number of carbonyl (C=O) groups is 1. The Morgan fingerprint density at radius 1 is 1.40 bits per heavy atom. The van der Waals surface area contributed by atoms with Crippen LogP contribution in [-0.2, 0) is 11.8 Å². The van der Waals surface area contributed by atoms with E-state index < -0.39 is 0 Å². The maximum Gasteiger partial charge on any atom is 0.245 e. The van der Waals surface area contributed by atoms with Crippen molar-refractivity contribution in [2.45, 2.75) is 6.42 Å². The van der Waals surface area contributed by atoms with E-state index in [1.165, 1.54) is 6.08 Å². The third kappa shape index (κ3) is 3.68. The molecule has 0 spiro atoms. The molecule has 0 aliphatic heterocycles. The van der Waals surface area contributed by atoms with Gasteiger partial charge in [0, 0.05) is 32.4 Å². The van der Waals surface area contributed by atoms with E-state index in [0.29, 0.717) is 25.5 Å². The highest BCUT2D eigenvalue weighted by Crippen LogP contribution is 2.23. The molecule has 8 heteroatoms. The van der Waals surface area contributed by atoms with E-state index >= 15 is 0 Å². The minimum atomic E-state index is -0.102. The zero-order chi connectivity index (χ0) is 17.8. The van der Waals surface area contributed by atoms with E-state index in [4.69, 9.17) is 4.74 Å². The van der Waals surface area contributed by atoms with Gasteiger partial charge in [-0.3, -0.25) is 9.48 Å². The summed E-state index contributed by atoms with van der Waals surface area (Å²) >= 11 is 0. The van der Waals surface area contributed by atoms with Gasteiger partial charge in [-0.15, -0.1) is 0 Å². The number of rotatable bonds is 7. The van der Waals surface area contributed by atoms with E-state index in [0.717, 1.165) is 16.8 Å². The summed E-state index contributed by atoms with van der Waals surface area (Å²) in [5.41, 5.74) is 2.42. The monoisotopic (exact) mass is 340 g/mol. The molecular weight excluding hydrogens is 320 g/mol. The Morgan fingerprint density at radius 2 is 2.24 bits per heavy atom. The van der Waals surface area contributed by atoms with Gasteiger partial charge in [0.25, 0.3) is 0 Å². The van der Waals surface area contributed by atoms with Crippen molar-refractivity contribution in [3.8, 4) is 17.1 Å². The second-order valence-electron chi connectivity index (χ2n) is 5.66. The molecular formula is C17H20N6O2. The molecule has 0 saturated carbocycles. The number of amides is 1. The fraction of sp³-hybridized carbons (Fsp3) is 0.294. The summed E-state index contributed by atoms with van der Waals surface area (Å²) in [5, 5.41) is 8.44. The number of hydrogen-bond acceptors (Lipinski definition) is 5. The molecule has 3 heterocycles. The first-order valence-corrected chi connectivity index (χ1v) is 7.92. The summed E-state index contributed by atoms with van der Waals surface area (Å²) in [6.45, 7) is 4.51. The van der Waals surface area contributed by atoms with Crippen LogP contribution in [0.15, 0.2) is 43.5 Å². The molecule has 25 heavy (non-hydrogen) atoms. The van der Waals surface area contributed by atoms with Gasteiger partial charge in [-0.1, -0.05) is 6.58 Å². The lowest BCUT2D eigenvalue weighted by atomic mass is 10.2. The number of aromatic nitrogens is 5. The van der Waals surface area contributed by atoms with Gasteiger partial charge < -0.3 is 9.64 Å². The molecule has 0 N–H and O–H groups in total. The standard InChI is InChI=1S/C17H20N6O2/c1-4-16(24)21(2)8-5-9-25-17-15-6-7-18-23(15)12-14(20-17)13-10-19-22(3)11-13/h4,6-7,10-12H,1,5,8-9H2,2-3H3. The predicted molar refractivity (Wildman–Crippen MR) is 93.1 cm³/mol. The van der Waals surface area contributed by atoms with Crippen molar-refractivity contribution < 1.29 is 9.53 Å². The van der Waals surface area contributed by atoms with Crippen LogP contribution in [0.1, 0.15) is 6.42 Å². The van der Waals surface area contributed by atoms with E-state index in [-0.39, 0.29) is 5.91 Å². The van der Waals surface area contributed by atoms with Crippen LogP contribution < -0.4 is 4.74 Å². The van der Waals surface area contributed by atoms with Crippen LogP contribution >= 0.6 is 0 Å². The molecule has 130 valence electrons. The molecule has 1 amide bonds. The Kier molecular flexibility index (Phi) is 4.78. The van der Waals surface area contributed by atoms with Crippen molar-refractivity contribution in [3.05, 3.63) is 43.5 Å². The smallest absolute Gasteiger partial charge is 0.245 e. The molecule has 0 fully saturated rings. The summed E-state index contributed by atoms with van der Waals surface area (Å²) in [7, 11) is 3.59. The Balaban J connectivity index is 1.73. The second-order valence-corrected chi connectivity index (χ2v) is 5.66. The molecule has 0 aromatic carbocycles. The van der Waals surface area contributed by atoms with Crippen LogP contribution in [0.3, 0.4) is 0 Å². The number of ether oxygens (including phenoxy) is 1. The molecule has 3 aromatic rings. The molecule has 0 aliphatic carbocycles. The average molecular weight is 340 g/mol. The summed E-state index contributed by atoms with van der Waals surface area (Å²) in [6, 6.07) is 1.85. The second kappa shape index (κ2) is 7.16. The van der Waals surface area contributed by atoms with Crippen LogP contribution in [-0.4, -0.2) is 55.4 Å². The van der Waals surface area contributed by atoms with Gasteiger partial charge in [0.05, 0.1) is 30.9 Å². The molecule has 0 radical (unpaired) electrons. The largest absolute Gasteiger partial charge is 0.476 e. The Hall–Kier alpha value is -3.16. The van der Waals surface area contributed by atoms with Crippen molar-refractivity contribution in [2.75, 3.05) is 20.2 Å². The molecule has 0 atom stereocenters. The number of likely N-dealkylation sites (N-methyl/N-ethyl adjacent to an activating group) is 1. The highest BCUT2D eigenvalue weighted by atomic mass is 16.5. The van der Waals surface area contributed by atoms with Crippen LogP contribution in [0.2, 0.25) is 0 Å². The van der Waals surface area contributed by atoms with Crippen molar-refractivity contribution in [2.24, 2.45) is 7.05 Å². The highest BCUT2D eigenvalue weighted by Gasteiger charge is 2.11. The van der Waals surface area contributed by atoms with Gasteiger partial charge in [-0.2, -0.15) is 10.2 Å². The van der Waals surface area contributed by atoms with Crippen molar-refractivity contribution in [3.63, 3.8) is 0 Å². The van der Waals surface area contributed by atoms with Crippen LogP contribution in [0.25, 0.3) is 16.8 Å². The zero-order valence-corrected chi connectivity index (χ0v) is 14.3. The molecule has 3 rings (SSSR count). The molecule has 0 saturated heterocycles. The maximum absolute atomic E-state index is 11.5. The summed E-state index contributed by atoms with van der Waals surface area (Å²) in [5.74, 6) is 0.409. The molecule has 0 bridgehead atoms. The SMILES string of the molecule is C=CC(=O)N(C)CCCOc1nc(-c2cnn(C)c2)cn2nccc12.